The van der Waals surface area contributed by atoms with Crippen molar-refractivity contribution >= 4 is 30.0 Å². The number of aliphatic hydroxyl groups is 2. The monoisotopic (exact) mass is 274 g/mol. The molecule has 0 aliphatic heterocycles. The molecule has 0 aliphatic rings. The predicted molar refractivity (Wildman–Crippen MR) is 70.9 cm³/mol. The molecule has 0 aliphatic carbocycles. The van der Waals surface area contributed by atoms with Gasteiger partial charge in [-0.25, -0.2) is 0 Å². The summed E-state index contributed by atoms with van der Waals surface area (Å²) in [4.78, 5) is 11.2. The van der Waals surface area contributed by atoms with E-state index in [1.54, 1.807) is 12.1 Å². The van der Waals surface area contributed by atoms with E-state index >= 15 is 0 Å². The number of benzene rings is 1. The molecule has 0 saturated heterocycles. The summed E-state index contributed by atoms with van der Waals surface area (Å²) in [5.74, 6) is 0.351. The Morgan fingerprint density at radius 3 is 2.59 bits per heavy atom. The first kappa shape index (κ1) is 14.5. The Bertz CT molecular complexity index is 409. The largest absolute Gasteiger partial charge is 0.390 e. The van der Waals surface area contributed by atoms with Gasteiger partial charge in [-0.15, -0.1) is 0 Å². The molecule has 17 heavy (non-hydrogen) atoms. The van der Waals surface area contributed by atoms with Crippen LogP contribution in [0.5, 0.6) is 0 Å². The second-order valence-corrected chi connectivity index (χ2v) is 4.67. The SMILES string of the molecule is CC(=O)c1ccc(C(O)C(O)CCS)cc1Cl. The summed E-state index contributed by atoms with van der Waals surface area (Å²) in [7, 11) is 0. The van der Waals surface area contributed by atoms with Gasteiger partial charge < -0.3 is 10.2 Å². The van der Waals surface area contributed by atoms with Crippen LogP contribution < -0.4 is 0 Å². The van der Waals surface area contributed by atoms with Gasteiger partial charge in [0.1, 0.15) is 6.10 Å². The van der Waals surface area contributed by atoms with E-state index in [9.17, 15) is 15.0 Å². The molecule has 2 unspecified atom stereocenters. The van der Waals surface area contributed by atoms with Gasteiger partial charge in [-0.05, 0) is 36.8 Å². The topological polar surface area (TPSA) is 57.5 Å². The molecule has 2 atom stereocenters. The first-order chi connectivity index (χ1) is 7.97. The minimum atomic E-state index is -1.01. The Morgan fingerprint density at radius 1 is 1.47 bits per heavy atom. The summed E-state index contributed by atoms with van der Waals surface area (Å²) < 4.78 is 0. The van der Waals surface area contributed by atoms with Crippen molar-refractivity contribution in [2.75, 3.05) is 5.75 Å². The molecule has 0 fully saturated rings. The zero-order valence-electron chi connectivity index (χ0n) is 9.43. The Morgan fingerprint density at radius 2 is 2.12 bits per heavy atom. The zero-order chi connectivity index (χ0) is 13.0. The molecule has 0 amide bonds. The summed E-state index contributed by atoms with van der Waals surface area (Å²) >= 11 is 9.91. The maximum Gasteiger partial charge on any atom is 0.161 e. The average molecular weight is 275 g/mol. The van der Waals surface area contributed by atoms with Crippen LogP contribution in [0.25, 0.3) is 0 Å². The number of hydrogen-bond donors (Lipinski definition) is 3. The smallest absolute Gasteiger partial charge is 0.161 e. The fourth-order valence-corrected chi connectivity index (χ4v) is 2.10. The number of ketones is 1. The third-order valence-corrected chi connectivity index (χ3v) is 3.07. The Labute approximate surface area is 111 Å². The zero-order valence-corrected chi connectivity index (χ0v) is 11.1. The lowest BCUT2D eigenvalue weighted by atomic mass is 10.0. The fourth-order valence-electron chi connectivity index (χ4n) is 1.51. The van der Waals surface area contributed by atoms with Crippen LogP contribution in [-0.2, 0) is 0 Å². The predicted octanol–water partition coefficient (Wildman–Crippen LogP) is 2.26. The standard InChI is InChI=1S/C12H15ClO3S/c1-7(14)9-3-2-8(6-10(9)13)12(16)11(15)4-5-17/h2-3,6,11-12,15-17H,4-5H2,1H3. The molecule has 0 bridgehead atoms. The van der Waals surface area contributed by atoms with Crippen molar-refractivity contribution in [2.45, 2.75) is 25.6 Å². The lowest BCUT2D eigenvalue weighted by Crippen LogP contribution is -2.18. The summed E-state index contributed by atoms with van der Waals surface area (Å²) in [6.45, 7) is 1.42. The van der Waals surface area contributed by atoms with E-state index in [0.29, 0.717) is 23.3 Å². The van der Waals surface area contributed by atoms with Crippen LogP contribution in [0.3, 0.4) is 0 Å². The molecule has 3 nitrogen and oxygen atoms in total. The lowest BCUT2D eigenvalue weighted by molar-refractivity contribution is 0.0172. The molecule has 1 aromatic carbocycles. The highest BCUT2D eigenvalue weighted by Gasteiger charge is 2.19. The second kappa shape index (κ2) is 6.40. The van der Waals surface area contributed by atoms with Gasteiger partial charge in [0.2, 0.25) is 0 Å². The normalized spacial score (nSPS) is 14.4. The number of hydrogen-bond acceptors (Lipinski definition) is 4. The maximum absolute atomic E-state index is 11.2. The number of carbonyl (C=O) groups is 1. The molecule has 0 spiro atoms. The molecule has 0 aromatic heterocycles. The minimum Gasteiger partial charge on any atom is -0.390 e. The molecule has 1 rings (SSSR count). The van der Waals surface area contributed by atoms with Crippen LogP contribution in [0.1, 0.15) is 35.4 Å². The number of carbonyl (C=O) groups excluding carboxylic acids is 1. The molecule has 0 saturated carbocycles. The molecular weight excluding hydrogens is 260 g/mol. The first-order valence-corrected chi connectivity index (χ1v) is 6.25. The number of aliphatic hydroxyl groups excluding tert-OH is 2. The van der Waals surface area contributed by atoms with Crippen LogP contribution >= 0.6 is 24.2 Å². The van der Waals surface area contributed by atoms with Gasteiger partial charge in [0.05, 0.1) is 11.1 Å². The Hall–Kier alpha value is -0.550. The van der Waals surface area contributed by atoms with Gasteiger partial charge in [-0.3, -0.25) is 4.79 Å². The third-order valence-electron chi connectivity index (χ3n) is 2.50. The van der Waals surface area contributed by atoms with Gasteiger partial charge >= 0.3 is 0 Å². The van der Waals surface area contributed by atoms with Gasteiger partial charge in [0.25, 0.3) is 0 Å². The van der Waals surface area contributed by atoms with Crippen LogP contribution in [-0.4, -0.2) is 27.9 Å². The summed E-state index contributed by atoms with van der Waals surface area (Å²) in [6, 6.07) is 4.65. The third kappa shape index (κ3) is 3.71. The van der Waals surface area contributed by atoms with Gasteiger partial charge in [0.15, 0.2) is 5.78 Å². The van der Waals surface area contributed by atoms with Crippen molar-refractivity contribution in [3.63, 3.8) is 0 Å². The first-order valence-electron chi connectivity index (χ1n) is 5.24. The summed E-state index contributed by atoms with van der Waals surface area (Å²) in [5, 5.41) is 19.8. The van der Waals surface area contributed by atoms with Gasteiger partial charge in [-0.2, -0.15) is 12.6 Å². The van der Waals surface area contributed by atoms with Crippen LogP contribution in [0, 0.1) is 0 Å². The minimum absolute atomic E-state index is 0.132. The molecule has 5 heteroatoms. The van der Waals surface area contributed by atoms with E-state index in [1.165, 1.54) is 13.0 Å². The molecule has 0 radical (unpaired) electrons. The molecular formula is C12H15ClO3S. The molecule has 94 valence electrons. The van der Waals surface area contributed by atoms with E-state index in [1.807, 2.05) is 0 Å². The highest BCUT2D eigenvalue weighted by atomic mass is 35.5. The van der Waals surface area contributed by atoms with E-state index in [0.717, 1.165) is 0 Å². The number of rotatable bonds is 5. The van der Waals surface area contributed by atoms with Crippen molar-refractivity contribution < 1.29 is 15.0 Å². The van der Waals surface area contributed by atoms with E-state index < -0.39 is 12.2 Å². The van der Waals surface area contributed by atoms with Crippen molar-refractivity contribution in [3.05, 3.63) is 34.3 Å². The average Bonchev–Trinajstić information content (AvgIpc) is 2.27. The molecule has 1 aromatic rings. The number of Topliss-reactive ketones (excluding diaryl/α,β-unsaturated/α-hetero) is 1. The van der Waals surface area contributed by atoms with E-state index in [2.05, 4.69) is 12.6 Å². The second-order valence-electron chi connectivity index (χ2n) is 3.82. The highest BCUT2D eigenvalue weighted by molar-refractivity contribution is 7.80. The van der Waals surface area contributed by atoms with Crippen LogP contribution in [0.15, 0.2) is 18.2 Å². The van der Waals surface area contributed by atoms with E-state index in [4.69, 9.17) is 11.6 Å². The Kier molecular flexibility index (Phi) is 5.46. The maximum atomic E-state index is 11.2. The summed E-state index contributed by atoms with van der Waals surface area (Å²) in [6.07, 6.45) is -1.51. The van der Waals surface area contributed by atoms with Crippen molar-refractivity contribution in [1.29, 1.82) is 0 Å². The van der Waals surface area contributed by atoms with Gasteiger partial charge in [0, 0.05) is 5.56 Å². The van der Waals surface area contributed by atoms with Crippen molar-refractivity contribution in [2.24, 2.45) is 0 Å². The lowest BCUT2D eigenvalue weighted by Gasteiger charge is -2.18. The van der Waals surface area contributed by atoms with Crippen LogP contribution in [0.4, 0.5) is 0 Å². The Balaban J connectivity index is 2.93. The van der Waals surface area contributed by atoms with E-state index in [-0.39, 0.29) is 10.8 Å². The number of halogens is 1. The number of thiol groups is 1. The van der Waals surface area contributed by atoms with Crippen molar-refractivity contribution in [3.8, 4) is 0 Å². The quantitative estimate of drug-likeness (QED) is 0.570. The van der Waals surface area contributed by atoms with Crippen LogP contribution in [0.2, 0.25) is 5.02 Å². The summed E-state index contributed by atoms with van der Waals surface area (Å²) in [5.41, 5.74) is 0.903. The van der Waals surface area contributed by atoms with Crippen molar-refractivity contribution in [1.82, 2.24) is 0 Å². The molecule has 2 N–H and O–H groups in total. The molecule has 0 heterocycles. The van der Waals surface area contributed by atoms with Gasteiger partial charge in [-0.1, -0.05) is 17.7 Å². The fraction of sp³-hybridized carbons (Fsp3) is 0.417. The highest BCUT2D eigenvalue weighted by Crippen LogP contribution is 2.25.